The first-order chi connectivity index (χ1) is 11.3. The van der Waals surface area contributed by atoms with Gasteiger partial charge in [-0.2, -0.15) is 0 Å². The topological polar surface area (TPSA) is 52.9 Å². The average Bonchev–Trinajstić information content (AvgIpc) is 2.31. The molecule has 0 saturated heterocycles. The molecule has 0 N–H and O–H groups in total. The minimum absolute atomic E-state index is 0. The van der Waals surface area contributed by atoms with Crippen molar-refractivity contribution in [3.63, 3.8) is 0 Å². The summed E-state index contributed by atoms with van der Waals surface area (Å²) in [6.45, 7) is 30.0. The van der Waals surface area contributed by atoms with Gasteiger partial charge in [-0.25, -0.2) is 6.17 Å². The summed E-state index contributed by atoms with van der Waals surface area (Å²) in [6.07, 6.45) is 1.26. The van der Waals surface area contributed by atoms with Crippen molar-refractivity contribution >= 4 is 0 Å². The molecule has 4 nitrogen and oxygen atoms in total. The Hall–Kier alpha value is 0.208. The summed E-state index contributed by atoms with van der Waals surface area (Å²) < 4.78 is 9.01. The molecule has 0 spiro atoms. The summed E-state index contributed by atoms with van der Waals surface area (Å²) in [7, 11) is 0. The predicted molar refractivity (Wildman–Crippen MR) is 120 cm³/mol. The molecule has 0 aliphatic rings. The Bertz CT molecular complexity index is 405. The molecule has 0 aliphatic carbocycles. The Labute approximate surface area is 180 Å². The van der Waals surface area contributed by atoms with E-state index in [1.54, 1.807) is 0 Å². The van der Waals surface area contributed by atoms with Crippen LogP contribution in [-0.2, 0) is 18.2 Å². The van der Waals surface area contributed by atoms with Gasteiger partial charge in [-0.15, -0.1) is 11.1 Å². The van der Waals surface area contributed by atoms with Crippen molar-refractivity contribution in [1.29, 1.82) is 0 Å². The smallest absolute Gasteiger partial charge is 0.0566 e. The van der Waals surface area contributed by atoms with Crippen LogP contribution in [0, 0.1) is 13.3 Å². The van der Waals surface area contributed by atoms with Gasteiger partial charge in [-0.05, 0) is 0 Å². The standard InChI is InChI=1S/C13H28N2.2C4H9N.CH3.Mo/c1-9-10(2)11(14-12(3,4)5)15-13(6,7)8;2*1-4(2,3)5;;/h10-11H,9H2,1-8H3;2*1-3H3;1H3;/q-2;;;-1;. The third-order valence-electron chi connectivity index (χ3n) is 2.82. The first-order valence-corrected chi connectivity index (χ1v) is 11.6. The van der Waals surface area contributed by atoms with Gasteiger partial charge in [0.1, 0.15) is 0 Å². The molecule has 0 aromatic carbocycles. The van der Waals surface area contributed by atoms with Gasteiger partial charge >= 0.3 is 77.8 Å². The van der Waals surface area contributed by atoms with Crippen molar-refractivity contribution in [3.8, 4) is 0 Å². The van der Waals surface area contributed by atoms with Crippen LogP contribution in [0.5, 0.6) is 0 Å². The zero-order valence-corrected chi connectivity index (χ0v) is 23.1. The second-order valence-corrected chi connectivity index (χ2v) is 12.3. The van der Waals surface area contributed by atoms with Gasteiger partial charge in [0.25, 0.3) is 0 Å². The molecule has 1 unspecified atom stereocenters. The van der Waals surface area contributed by atoms with Gasteiger partial charge in [-0.3, -0.25) is 0 Å². The van der Waals surface area contributed by atoms with Crippen molar-refractivity contribution in [1.82, 2.24) is 0 Å². The molecule has 0 aromatic rings. The summed E-state index contributed by atoms with van der Waals surface area (Å²) in [5.41, 5.74) is 0.222. The maximum atomic E-state index is 4.80. The van der Waals surface area contributed by atoms with Gasteiger partial charge in [0.2, 0.25) is 0 Å². The molecule has 0 aliphatic heterocycles. The molecular weight excluding hydrogens is 416 g/mol. The molecule has 0 radical (unpaired) electrons. The van der Waals surface area contributed by atoms with Gasteiger partial charge in [-0.1, -0.05) is 67.7 Å². The van der Waals surface area contributed by atoms with Crippen LogP contribution >= 0.6 is 0 Å². The minimum Gasteiger partial charge on any atom is -0.673 e. The number of hydrogen-bond donors (Lipinski definition) is 0. The second kappa shape index (κ2) is 12.7. The first-order valence-electron chi connectivity index (χ1n) is 9.80. The fraction of sp³-hybridized carbons (Fsp3) is 0.955. The molecule has 5 heteroatoms. The van der Waals surface area contributed by atoms with Crippen molar-refractivity contribution in [2.75, 3.05) is 0 Å². The van der Waals surface area contributed by atoms with Crippen molar-refractivity contribution < 1.29 is 18.2 Å². The maximum absolute atomic E-state index is 4.80. The van der Waals surface area contributed by atoms with Crippen molar-refractivity contribution in [2.45, 2.75) is 132 Å². The van der Waals surface area contributed by atoms with Crippen molar-refractivity contribution in [3.05, 3.63) is 18.1 Å². The normalized spacial score (nSPS) is 13.9. The van der Waals surface area contributed by atoms with Crippen LogP contribution in [0.3, 0.4) is 0 Å². The van der Waals surface area contributed by atoms with E-state index in [1.807, 2.05) is 0 Å². The summed E-state index contributed by atoms with van der Waals surface area (Å²) in [5.74, 6) is 0.531. The van der Waals surface area contributed by atoms with Crippen molar-refractivity contribution in [2.24, 2.45) is 12.9 Å². The molecule has 166 valence electrons. The Morgan fingerprint density at radius 2 is 1.00 bits per heavy atom. The van der Waals surface area contributed by atoms with E-state index in [0.717, 1.165) is 6.42 Å². The van der Waals surface area contributed by atoms with Gasteiger partial charge in [0, 0.05) is 0 Å². The predicted octanol–water partition coefficient (Wildman–Crippen LogP) is 8.19. The third-order valence-corrected chi connectivity index (χ3v) is 5.92. The fourth-order valence-corrected chi connectivity index (χ4v) is 2.86. The average molecular weight is 466 g/mol. The molecule has 0 fully saturated rings. The quantitative estimate of drug-likeness (QED) is 0.297. The Morgan fingerprint density at radius 3 is 1.19 bits per heavy atom. The molecule has 27 heavy (non-hydrogen) atoms. The molecule has 0 amide bonds. The van der Waals surface area contributed by atoms with Crippen LogP contribution in [0.1, 0.15) is 103 Å². The van der Waals surface area contributed by atoms with E-state index in [2.05, 4.69) is 104 Å². The van der Waals surface area contributed by atoms with Crippen LogP contribution in [0.2, 0.25) is 0 Å². The molecule has 0 bridgehead atoms. The summed E-state index contributed by atoms with van der Waals surface area (Å²) >= 11 is -0.473. The zero-order chi connectivity index (χ0) is 21.4. The van der Waals surface area contributed by atoms with E-state index in [0.29, 0.717) is 5.92 Å². The van der Waals surface area contributed by atoms with Crippen LogP contribution in [-0.4, -0.2) is 28.3 Å². The van der Waals surface area contributed by atoms with Crippen LogP contribution in [0.15, 0.2) is 6.99 Å². The Balaban J connectivity index is -0.000000430. The maximum Gasteiger partial charge on any atom is -0.0566 e. The monoisotopic (exact) mass is 467 g/mol. The summed E-state index contributed by atoms with van der Waals surface area (Å²) in [4.78, 5) is 0. The zero-order valence-electron chi connectivity index (χ0n) is 21.1. The van der Waals surface area contributed by atoms with E-state index in [4.69, 9.17) is 10.6 Å². The van der Waals surface area contributed by atoms with E-state index in [1.165, 1.54) is 0 Å². The SMILES string of the molecule is CC(C)(C)[N]=[Mo]=[N]C(C)(C)C.CCC(C)C([N-]C(C)(C)C)[N-]C(C)(C)C.[CH3-]. The molecule has 0 rings (SSSR count). The first kappa shape index (κ1) is 31.9. The summed E-state index contributed by atoms with van der Waals surface area (Å²) in [5, 5.41) is 9.60. The van der Waals surface area contributed by atoms with Gasteiger partial charge in [0.05, 0.1) is 0 Å². The minimum atomic E-state index is -0.473. The number of hydrogen-bond acceptors (Lipinski definition) is 2. The summed E-state index contributed by atoms with van der Waals surface area (Å²) in [6, 6.07) is 0. The molecule has 0 saturated carbocycles. The molecule has 0 heterocycles. The molecular formula is C22H49MoN4-3. The van der Waals surface area contributed by atoms with E-state index in [9.17, 15) is 0 Å². The fourth-order valence-electron chi connectivity index (χ4n) is 1.55. The van der Waals surface area contributed by atoms with Gasteiger partial charge in [0.15, 0.2) is 0 Å². The number of nitrogens with zero attached hydrogens (tertiary/aromatic N) is 4. The molecule has 1 atom stereocenters. The Morgan fingerprint density at radius 1 is 0.704 bits per heavy atom. The van der Waals surface area contributed by atoms with E-state index < -0.39 is 18.2 Å². The van der Waals surface area contributed by atoms with E-state index >= 15 is 0 Å². The largest absolute Gasteiger partial charge is 0.673 e. The van der Waals surface area contributed by atoms with Gasteiger partial charge < -0.3 is 18.1 Å². The molecule has 0 aromatic heterocycles. The second-order valence-electron chi connectivity index (χ2n) is 11.0. The van der Waals surface area contributed by atoms with Crippen LogP contribution in [0.4, 0.5) is 0 Å². The Kier molecular flexibility index (Phi) is 15.0. The third kappa shape index (κ3) is 26.2. The van der Waals surface area contributed by atoms with E-state index in [-0.39, 0.29) is 35.7 Å². The number of rotatable bonds is 4. The van der Waals surface area contributed by atoms with Crippen LogP contribution < -0.4 is 0 Å². The van der Waals surface area contributed by atoms with Crippen LogP contribution in [0.25, 0.3) is 10.6 Å².